The number of hydrogen-bond donors (Lipinski definition) is 1. The van der Waals surface area contributed by atoms with E-state index in [1.54, 1.807) is 0 Å². The third kappa shape index (κ3) is 5.36. The molecule has 0 saturated carbocycles. The van der Waals surface area contributed by atoms with Crippen LogP contribution >= 0.6 is 11.6 Å². The maximum atomic E-state index is 14.4. The Hall–Kier alpha value is -2.17. The zero-order valence-corrected chi connectivity index (χ0v) is 17.7. The van der Waals surface area contributed by atoms with Gasteiger partial charge in [-0.3, -0.25) is 4.79 Å². The highest BCUT2D eigenvalue weighted by molar-refractivity contribution is 7.89. The molecule has 31 heavy (non-hydrogen) atoms. The molecule has 3 rings (SSSR count). The topological polar surface area (TPSA) is 66.5 Å². The van der Waals surface area contributed by atoms with Gasteiger partial charge in [-0.15, -0.1) is 0 Å². The van der Waals surface area contributed by atoms with Crippen molar-refractivity contribution in [1.82, 2.24) is 9.62 Å². The summed E-state index contributed by atoms with van der Waals surface area (Å²) in [6.45, 7) is -0.388. The van der Waals surface area contributed by atoms with Crippen molar-refractivity contribution in [2.24, 2.45) is 0 Å². The van der Waals surface area contributed by atoms with Crippen LogP contribution in [0.5, 0.6) is 0 Å². The monoisotopic (exact) mass is 478 g/mol. The molecule has 0 bridgehead atoms. The fraction of sp³-hybridized carbons (Fsp3) is 0.350. The number of carbonyl (C=O) groups excluding carboxylic acids is 1. The molecule has 2 aromatic carbocycles. The van der Waals surface area contributed by atoms with Gasteiger partial charge in [0.15, 0.2) is 0 Å². The highest BCUT2D eigenvalue weighted by atomic mass is 35.5. The summed E-state index contributed by atoms with van der Waals surface area (Å²) in [6.07, 6.45) is -3.45. The lowest BCUT2D eigenvalue weighted by Crippen LogP contribution is -2.48. The largest absolute Gasteiger partial charge is 0.416 e. The number of nitrogens with one attached hydrogen (secondary N) is 1. The summed E-state index contributed by atoms with van der Waals surface area (Å²) in [5, 5.41) is 2.88. The Bertz CT molecular complexity index is 1060. The molecule has 0 spiro atoms. The molecule has 1 amide bonds. The van der Waals surface area contributed by atoms with Gasteiger partial charge in [0.1, 0.15) is 11.9 Å². The Morgan fingerprint density at radius 1 is 1.10 bits per heavy atom. The number of carbonyl (C=O) groups is 1. The van der Waals surface area contributed by atoms with Crippen molar-refractivity contribution >= 4 is 27.5 Å². The van der Waals surface area contributed by atoms with Crippen LogP contribution in [0.2, 0.25) is 5.02 Å². The van der Waals surface area contributed by atoms with Gasteiger partial charge in [0.2, 0.25) is 15.9 Å². The molecule has 5 nitrogen and oxygen atoms in total. The Labute approximate surface area is 182 Å². The Morgan fingerprint density at radius 3 is 2.42 bits per heavy atom. The molecule has 0 aliphatic carbocycles. The van der Waals surface area contributed by atoms with Crippen LogP contribution in [-0.4, -0.2) is 31.2 Å². The molecule has 1 atom stereocenters. The molecule has 0 aromatic heterocycles. The van der Waals surface area contributed by atoms with E-state index in [0.717, 1.165) is 4.31 Å². The predicted octanol–water partition coefficient (Wildman–Crippen LogP) is 4.36. The number of sulfonamides is 1. The Balaban J connectivity index is 2.08. The smallest absolute Gasteiger partial charge is 0.355 e. The van der Waals surface area contributed by atoms with E-state index in [1.807, 2.05) is 0 Å². The summed E-state index contributed by atoms with van der Waals surface area (Å²) in [5.74, 6) is -1.58. The molecular weight excluding hydrogens is 460 g/mol. The first-order chi connectivity index (χ1) is 14.5. The van der Waals surface area contributed by atoms with Gasteiger partial charge in [-0.05, 0) is 61.7 Å². The summed E-state index contributed by atoms with van der Waals surface area (Å²) in [5.41, 5.74) is -1.59. The lowest BCUT2D eigenvalue weighted by molar-refractivity contribution is -0.137. The maximum absolute atomic E-state index is 14.4. The van der Waals surface area contributed by atoms with Crippen LogP contribution < -0.4 is 5.32 Å². The van der Waals surface area contributed by atoms with Gasteiger partial charge in [0, 0.05) is 23.7 Å². The second-order valence-electron chi connectivity index (χ2n) is 7.11. The zero-order valence-electron chi connectivity index (χ0n) is 16.1. The Morgan fingerprint density at radius 2 is 1.77 bits per heavy atom. The van der Waals surface area contributed by atoms with Gasteiger partial charge in [0.05, 0.1) is 10.5 Å². The number of rotatable bonds is 5. The van der Waals surface area contributed by atoms with Gasteiger partial charge >= 0.3 is 6.18 Å². The molecule has 168 valence electrons. The van der Waals surface area contributed by atoms with E-state index in [1.165, 1.54) is 24.3 Å². The maximum Gasteiger partial charge on any atom is 0.416 e. The molecule has 0 radical (unpaired) electrons. The fourth-order valence-corrected chi connectivity index (χ4v) is 5.06. The number of benzene rings is 2. The first-order valence-electron chi connectivity index (χ1n) is 9.41. The van der Waals surface area contributed by atoms with Gasteiger partial charge in [-0.1, -0.05) is 11.6 Å². The average molecular weight is 479 g/mol. The van der Waals surface area contributed by atoms with Crippen LogP contribution in [0.3, 0.4) is 0 Å². The van der Waals surface area contributed by atoms with Crippen molar-refractivity contribution in [3.63, 3.8) is 0 Å². The standard InChI is InChI=1S/C20H19ClF4N2O3S/c21-15-5-7-16(8-6-15)31(29,30)27(18-3-1-2-10-26-19(18)28)12-13-11-14(20(23,24)25)4-9-17(13)22/h4-9,11,18H,1-3,10,12H2,(H,26,28)/t18-/m1/s1. The number of nitrogens with zero attached hydrogens (tertiary/aromatic N) is 1. The summed E-state index contributed by atoms with van der Waals surface area (Å²) < 4.78 is 81.2. The van der Waals surface area contributed by atoms with Crippen molar-refractivity contribution in [2.45, 2.75) is 42.9 Å². The van der Waals surface area contributed by atoms with Crippen molar-refractivity contribution in [3.05, 3.63) is 64.4 Å². The highest BCUT2D eigenvalue weighted by Crippen LogP contribution is 2.32. The van der Waals surface area contributed by atoms with Crippen LogP contribution in [-0.2, 0) is 27.5 Å². The van der Waals surface area contributed by atoms with Crippen molar-refractivity contribution in [3.8, 4) is 0 Å². The summed E-state index contributed by atoms with van der Waals surface area (Å²) in [4.78, 5) is 12.4. The second-order valence-corrected chi connectivity index (χ2v) is 9.44. The van der Waals surface area contributed by atoms with Crippen molar-refractivity contribution < 1.29 is 30.8 Å². The SMILES string of the molecule is O=C1NCCCC[C@H]1N(Cc1cc(C(F)(F)F)ccc1F)S(=O)(=O)c1ccc(Cl)cc1. The molecule has 1 heterocycles. The molecule has 0 unspecified atom stereocenters. The van der Waals surface area contributed by atoms with Crippen LogP contribution in [0.4, 0.5) is 17.6 Å². The quantitative estimate of drug-likeness (QED) is 0.649. The van der Waals surface area contributed by atoms with Gasteiger partial charge in [-0.25, -0.2) is 12.8 Å². The lowest BCUT2D eigenvalue weighted by atomic mass is 10.1. The van der Waals surface area contributed by atoms with Gasteiger partial charge in [0.25, 0.3) is 0 Å². The first-order valence-corrected chi connectivity index (χ1v) is 11.2. The number of halogens is 5. The minimum Gasteiger partial charge on any atom is -0.355 e. The molecular formula is C20H19ClF4N2O3S. The number of hydrogen-bond acceptors (Lipinski definition) is 3. The van der Waals surface area contributed by atoms with Gasteiger partial charge < -0.3 is 5.32 Å². The Kier molecular flexibility index (Phi) is 6.92. The van der Waals surface area contributed by atoms with Crippen LogP contribution in [0, 0.1) is 5.82 Å². The minimum atomic E-state index is -4.73. The second kappa shape index (κ2) is 9.13. The fourth-order valence-electron chi connectivity index (χ4n) is 3.34. The van der Waals surface area contributed by atoms with E-state index in [9.17, 15) is 30.8 Å². The normalized spacial score (nSPS) is 18.0. The highest BCUT2D eigenvalue weighted by Gasteiger charge is 2.38. The third-order valence-electron chi connectivity index (χ3n) is 4.97. The van der Waals surface area contributed by atoms with E-state index in [0.29, 0.717) is 37.6 Å². The van der Waals surface area contributed by atoms with E-state index >= 15 is 0 Å². The number of amides is 1. The third-order valence-corrected chi connectivity index (χ3v) is 7.09. The van der Waals surface area contributed by atoms with Crippen LogP contribution in [0.15, 0.2) is 47.4 Å². The molecule has 1 N–H and O–H groups in total. The van der Waals surface area contributed by atoms with Gasteiger partial charge in [-0.2, -0.15) is 17.5 Å². The molecule has 1 fully saturated rings. The average Bonchev–Trinajstić information content (AvgIpc) is 2.91. The van der Waals surface area contributed by atoms with E-state index in [2.05, 4.69) is 5.32 Å². The predicted molar refractivity (Wildman–Crippen MR) is 106 cm³/mol. The van der Waals surface area contributed by atoms with E-state index in [4.69, 9.17) is 11.6 Å². The van der Waals surface area contributed by atoms with Crippen LogP contribution in [0.1, 0.15) is 30.4 Å². The summed E-state index contributed by atoms with van der Waals surface area (Å²) in [6, 6.07) is 5.71. The van der Waals surface area contributed by atoms with Crippen LogP contribution in [0.25, 0.3) is 0 Å². The zero-order chi connectivity index (χ0) is 22.8. The molecule has 1 saturated heterocycles. The van der Waals surface area contributed by atoms with E-state index < -0.39 is 51.6 Å². The minimum absolute atomic E-state index is 0.152. The number of alkyl halides is 3. The van der Waals surface area contributed by atoms with Crippen molar-refractivity contribution in [2.75, 3.05) is 6.54 Å². The lowest BCUT2D eigenvalue weighted by Gasteiger charge is -2.29. The first kappa shape index (κ1) is 23.5. The molecule has 1 aliphatic rings. The molecule has 2 aromatic rings. The van der Waals surface area contributed by atoms with Crippen molar-refractivity contribution in [1.29, 1.82) is 0 Å². The summed E-state index contributed by atoms with van der Waals surface area (Å²) in [7, 11) is -4.36. The molecule has 1 aliphatic heterocycles. The molecule has 11 heteroatoms. The summed E-state index contributed by atoms with van der Waals surface area (Å²) >= 11 is 5.82. The van der Waals surface area contributed by atoms with E-state index in [-0.39, 0.29) is 16.3 Å².